The summed E-state index contributed by atoms with van der Waals surface area (Å²) in [5.41, 5.74) is 0. The van der Waals surface area contributed by atoms with Gasteiger partial charge in [0, 0.05) is 21.3 Å². The van der Waals surface area contributed by atoms with Crippen LogP contribution in [-0.2, 0) is 0 Å². The highest BCUT2D eigenvalue weighted by Crippen LogP contribution is 2.08. The lowest BCUT2D eigenvalue weighted by Gasteiger charge is -1.84. The molecule has 15 heavy (non-hydrogen) atoms. The van der Waals surface area contributed by atoms with Gasteiger partial charge < -0.3 is 0 Å². The van der Waals surface area contributed by atoms with Crippen LogP contribution in [0.2, 0.25) is 0 Å². The van der Waals surface area contributed by atoms with Crippen molar-refractivity contribution in [2.45, 2.75) is 13.8 Å². The fourth-order valence-electron chi connectivity index (χ4n) is 1.55. The first-order chi connectivity index (χ1) is 7.36. The van der Waals surface area contributed by atoms with Gasteiger partial charge in [0.1, 0.15) is 4.83 Å². The Labute approximate surface area is 93.1 Å². The molecule has 0 aliphatic heterocycles. The van der Waals surface area contributed by atoms with Gasteiger partial charge in [0.25, 0.3) is 0 Å². The average molecular weight is 215 g/mol. The summed E-state index contributed by atoms with van der Waals surface area (Å²) in [7, 11) is 0. The topological polar surface area (TPSA) is 12.9 Å². The maximum absolute atomic E-state index is 4.37. The highest BCUT2D eigenvalue weighted by Gasteiger charge is 1.99. The van der Waals surface area contributed by atoms with Gasteiger partial charge in [-0.25, -0.2) is 4.98 Å². The van der Waals surface area contributed by atoms with E-state index >= 15 is 0 Å². The standard InChI is InChI=1S/C13H13NS/c1-3-5-7-10-11-8-6-9-14-13(11)15-12(10)4-2/h3-9H,1-2H3/b5-3-,10-7-,12-4+. The molecular formula is C13H13NS. The summed E-state index contributed by atoms with van der Waals surface area (Å²) >= 11 is 1.74. The molecule has 0 aliphatic rings. The zero-order valence-corrected chi connectivity index (χ0v) is 9.71. The first-order valence-corrected chi connectivity index (χ1v) is 5.81. The molecule has 0 saturated heterocycles. The van der Waals surface area contributed by atoms with Gasteiger partial charge in [-0.2, -0.15) is 0 Å². The normalized spacial score (nSPS) is 14.5. The average Bonchev–Trinajstić information content (AvgIpc) is 2.64. The molecule has 2 aromatic rings. The molecular weight excluding hydrogens is 202 g/mol. The van der Waals surface area contributed by atoms with Crippen molar-refractivity contribution < 1.29 is 0 Å². The van der Waals surface area contributed by atoms with Gasteiger partial charge in [0.15, 0.2) is 0 Å². The molecule has 0 aliphatic carbocycles. The van der Waals surface area contributed by atoms with E-state index in [-0.39, 0.29) is 0 Å². The molecule has 2 rings (SSSR count). The third-order valence-electron chi connectivity index (χ3n) is 2.25. The maximum atomic E-state index is 4.37. The van der Waals surface area contributed by atoms with Crippen LogP contribution in [0.25, 0.3) is 22.4 Å². The smallest absolute Gasteiger partial charge is 0.124 e. The molecule has 0 saturated carbocycles. The van der Waals surface area contributed by atoms with Crippen LogP contribution in [0.5, 0.6) is 0 Å². The predicted octanol–water partition coefficient (Wildman–Crippen LogP) is 2.45. The van der Waals surface area contributed by atoms with Gasteiger partial charge in [-0.3, -0.25) is 0 Å². The Bertz CT molecular complexity index is 605. The molecule has 0 radical (unpaired) electrons. The minimum absolute atomic E-state index is 1.11. The molecule has 0 aromatic carbocycles. The fourth-order valence-corrected chi connectivity index (χ4v) is 2.56. The van der Waals surface area contributed by atoms with E-state index in [2.05, 4.69) is 36.2 Å². The maximum Gasteiger partial charge on any atom is 0.124 e. The minimum atomic E-state index is 1.11. The van der Waals surface area contributed by atoms with E-state index in [0.29, 0.717) is 0 Å². The molecule has 2 heteroatoms. The number of pyridine rings is 1. The van der Waals surface area contributed by atoms with Gasteiger partial charge in [-0.1, -0.05) is 24.3 Å². The summed E-state index contributed by atoms with van der Waals surface area (Å²) in [4.78, 5) is 5.49. The van der Waals surface area contributed by atoms with Crippen molar-refractivity contribution in [1.82, 2.24) is 4.98 Å². The number of aromatic nitrogens is 1. The van der Waals surface area contributed by atoms with Gasteiger partial charge >= 0.3 is 0 Å². The first kappa shape index (κ1) is 10.1. The second-order valence-corrected chi connectivity index (χ2v) is 4.25. The largest absolute Gasteiger partial charge is 0.245 e. The molecule has 76 valence electrons. The van der Waals surface area contributed by atoms with Crippen LogP contribution in [0.3, 0.4) is 0 Å². The molecule has 0 N–H and O–H groups in total. The van der Waals surface area contributed by atoms with Crippen molar-refractivity contribution in [3.05, 3.63) is 40.2 Å². The Balaban J connectivity index is 2.91. The number of fused-ring (bicyclic) bond motifs is 1. The molecule has 0 fully saturated rings. The summed E-state index contributed by atoms with van der Waals surface area (Å²) in [5.74, 6) is 0. The van der Waals surface area contributed by atoms with Crippen molar-refractivity contribution in [2.24, 2.45) is 0 Å². The highest BCUT2D eigenvalue weighted by molar-refractivity contribution is 7.16. The minimum Gasteiger partial charge on any atom is -0.245 e. The van der Waals surface area contributed by atoms with Crippen molar-refractivity contribution in [1.29, 1.82) is 0 Å². The first-order valence-electron chi connectivity index (χ1n) is 4.99. The lowest BCUT2D eigenvalue weighted by molar-refractivity contribution is 1.44. The van der Waals surface area contributed by atoms with Crippen LogP contribution in [0.1, 0.15) is 13.8 Å². The second-order valence-electron chi connectivity index (χ2n) is 3.22. The van der Waals surface area contributed by atoms with Crippen LogP contribution in [-0.4, -0.2) is 4.98 Å². The Kier molecular flexibility index (Phi) is 2.97. The number of nitrogens with zero attached hydrogens (tertiary/aromatic N) is 1. The van der Waals surface area contributed by atoms with E-state index in [4.69, 9.17) is 0 Å². The van der Waals surface area contributed by atoms with E-state index < -0.39 is 0 Å². The van der Waals surface area contributed by atoms with Crippen molar-refractivity contribution in [3.8, 4) is 0 Å². The highest BCUT2D eigenvalue weighted by atomic mass is 32.1. The van der Waals surface area contributed by atoms with E-state index in [0.717, 1.165) is 4.83 Å². The van der Waals surface area contributed by atoms with Crippen LogP contribution in [0, 0.1) is 0 Å². The third-order valence-corrected chi connectivity index (χ3v) is 3.45. The van der Waals surface area contributed by atoms with E-state index in [1.54, 1.807) is 11.3 Å². The number of rotatable bonds is 1. The second kappa shape index (κ2) is 4.41. The van der Waals surface area contributed by atoms with Gasteiger partial charge in [-0.15, -0.1) is 11.3 Å². The molecule has 0 unspecified atom stereocenters. The zero-order chi connectivity index (χ0) is 10.7. The SMILES string of the molecule is C\C=C/C=c1\c(=C/C)sc2ncccc12. The number of hydrogen-bond donors (Lipinski definition) is 0. The van der Waals surface area contributed by atoms with Crippen molar-refractivity contribution >= 4 is 33.7 Å². The summed E-state index contributed by atoms with van der Waals surface area (Å²) < 4.78 is 1.29. The Morgan fingerprint density at radius 2 is 2.20 bits per heavy atom. The Morgan fingerprint density at radius 3 is 2.93 bits per heavy atom. The third kappa shape index (κ3) is 1.85. The zero-order valence-electron chi connectivity index (χ0n) is 8.90. The molecule has 0 amide bonds. The molecule has 2 heterocycles. The molecule has 0 bridgehead atoms. The van der Waals surface area contributed by atoms with Crippen molar-refractivity contribution in [3.63, 3.8) is 0 Å². The Hall–Kier alpha value is -1.41. The monoisotopic (exact) mass is 215 g/mol. The number of allylic oxidation sites excluding steroid dienone is 2. The molecule has 0 atom stereocenters. The number of hydrogen-bond acceptors (Lipinski definition) is 2. The summed E-state index contributed by atoms with van der Waals surface area (Å²) in [5, 5.41) is 2.53. The van der Waals surface area contributed by atoms with Crippen LogP contribution in [0.4, 0.5) is 0 Å². The van der Waals surface area contributed by atoms with Crippen LogP contribution < -0.4 is 9.75 Å². The van der Waals surface area contributed by atoms with Gasteiger partial charge in [0.2, 0.25) is 0 Å². The van der Waals surface area contributed by atoms with Crippen molar-refractivity contribution in [2.75, 3.05) is 0 Å². The van der Waals surface area contributed by atoms with Gasteiger partial charge in [0.05, 0.1) is 0 Å². The Morgan fingerprint density at radius 1 is 1.33 bits per heavy atom. The molecule has 2 aromatic heterocycles. The number of thiophene rings is 1. The van der Waals surface area contributed by atoms with E-state index in [1.165, 1.54) is 15.1 Å². The van der Waals surface area contributed by atoms with Crippen LogP contribution >= 0.6 is 11.3 Å². The van der Waals surface area contributed by atoms with E-state index in [1.807, 2.05) is 25.3 Å². The van der Waals surface area contributed by atoms with Gasteiger partial charge in [-0.05, 0) is 26.0 Å². The quantitative estimate of drug-likeness (QED) is 0.712. The van der Waals surface area contributed by atoms with Crippen LogP contribution in [0.15, 0.2) is 30.5 Å². The summed E-state index contributed by atoms with van der Waals surface area (Å²) in [6.45, 7) is 4.09. The lowest BCUT2D eigenvalue weighted by atomic mass is 10.2. The lowest BCUT2D eigenvalue weighted by Crippen LogP contribution is -2.17. The predicted molar refractivity (Wildman–Crippen MR) is 68.3 cm³/mol. The molecule has 0 spiro atoms. The summed E-state index contributed by atoms with van der Waals surface area (Å²) in [6.07, 6.45) is 10.2. The summed E-state index contributed by atoms with van der Waals surface area (Å²) in [6, 6.07) is 4.11. The van der Waals surface area contributed by atoms with E-state index in [9.17, 15) is 0 Å². The fraction of sp³-hybridized carbons (Fsp3) is 0.154. The molecule has 1 nitrogen and oxygen atoms in total.